The lowest BCUT2D eigenvalue weighted by Gasteiger charge is -2.04. The Balaban J connectivity index is 2.87. The van der Waals surface area contributed by atoms with E-state index in [1.165, 1.54) is 11.4 Å². The van der Waals surface area contributed by atoms with Gasteiger partial charge in [0.25, 0.3) is 0 Å². The monoisotopic (exact) mass is 181 g/mol. The summed E-state index contributed by atoms with van der Waals surface area (Å²) < 4.78 is 2.00. The highest BCUT2D eigenvalue weighted by Gasteiger charge is 2.10. The first kappa shape index (κ1) is 10.2. The molecule has 0 aliphatic heterocycles. The van der Waals surface area contributed by atoms with Crippen LogP contribution in [-0.2, 0) is 19.4 Å². The van der Waals surface area contributed by atoms with Gasteiger partial charge in [0.05, 0.1) is 11.4 Å². The van der Waals surface area contributed by atoms with Crippen LogP contribution >= 0.6 is 0 Å². The zero-order valence-corrected chi connectivity index (χ0v) is 9.04. The summed E-state index contributed by atoms with van der Waals surface area (Å²) in [7, 11) is 0. The predicted octanol–water partition coefficient (Wildman–Crippen LogP) is 2.06. The number of hydrogen-bond donors (Lipinski definition) is 0. The van der Waals surface area contributed by atoms with Crippen molar-refractivity contribution in [2.45, 2.75) is 47.1 Å². The maximum Gasteiger partial charge on any atom is 0.0861 e. The average molecular weight is 181 g/mol. The van der Waals surface area contributed by atoms with E-state index < -0.39 is 0 Å². The van der Waals surface area contributed by atoms with Gasteiger partial charge in [0.2, 0.25) is 0 Å². The topological polar surface area (TPSA) is 30.7 Å². The van der Waals surface area contributed by atoms with E-state index in [0.717, 1.165) is 19.4 Å². The molecule has 0 saturated heterocycles. The molecule has 0 bridgehead atoms. The average Bonchev–Trinajstić information content (AvgIpc) is 2.45. The first-order chi connectivity index (χ1) is 6.19. The van der Waals surface area contributed by atoms with E-state index in [0.29, 0.717) is 5.92 Å². The van der Waals surface area contributed by atoms with Crippen LogP contribution in [0.5, 0.6) is 0 Å². The lowest BCUT2D eigenvalue weighted by atomic mass is 10.1. The molecular weight excluding hydrogens is 162 g/mol. The first-order valence-electron chi connectivity index (χ1n) is 5.10. The van der Waals surface area contributed by atoms with Crippen LogP contribution in [0, 0.1) is 5.92 Å². The quantitative estimate of drug-likeness (QED) is 0.712. The molecule has 0 unspecified atom stereocenters. The van der Waals surface area contributed by atoms with Gasteiger partial charge in [-0.15, -0.1) is 5.10 Å². The van der Waals surface area contributed by atoms with Crippen LogP contribution in [0.1, 0.15) is 39.1 Å². The Morgan fingerprint density at radius 1 is 1.31 bits per heavy atom. The molecule has 0 aromatic carbocycles. The summed E-state index contributed by atoms with van der Waals surface area (Å²) in [6, 6.07) is 0. The number of aryl methyl sites for hydroxylation is 1. The molecule has 1 rings (SSSR count). The summed E-state index contributed by atoms with van der Waals surface area (Å²) >= 11 is 0. The van der Waals surface area contributed by atoms with E-state index in [2.05, 4.69) is 38.0 Å². The van der Waals surface area contributed by atoms with Gasteiger partial charge in [-0.2, -0.15) is 0 Å². The van der Waals surface area contributed by atoms with Crippen molar-refractivity contribution in [3.63, 3.8) is 0 Å². The Hall–Kier alpha value is -0.860. The smallest absolute Gasteiger partial charge is 0.0861 e. The fourth-order valence-corrected chi connectivity index (χ4v) is 1.55. The molecule has 1 aromatic heterocycles. The summed E-state index contributed by atoms with van der Waals surface area (Å²) in [5, 5.41) is 8.34. The molecule has 1 aromatic rings. The Bertz CT molecular complexity index is 263. The van der Waals surface area contributed by atoms with Crippen LogP contribution in [0.2, 0.25) is 0 Å². The maximum absolute atomic E-state index is 4.21. The highest BCUT2D eigenvalue weighted by atomic mass is 15.4. The van der Waals surface area contributed by atoms with Crippen molar-refractivity contribution < 1.29 is 0 Å². The summed E-state index contributed by atoms with van der Waals surface area (Å²) in [6.07, 6.45) is 2.08. The minimum Gasteiger partial charge on any atom is -0.249 e. The molecule has 0 radical (unpaired) electrons. The van der Waals surface area contributed by atoms with E-state index in [-0.39, 0.29) is 0 Å². The Morgan fingerprint density at radius 2 is 2.00 bits per heavy atom. The summed E-state index contributed by atoms with van der Waals surface area (Å²) in [4.78, 5) is 0. The van der Waals surface area contributed by atoms with Crippen LogP contribution in [-0.4, -0.2) is 15.0 Å². The fraction of sp³-hybridized carbons (Fsp3) is 0.800. The van der Waals surface area contributed by atoms with Crippen molar-refractivity contribution in [2.75, 3.05) is 0 Å². The minimum absolute atomic E-state index is 0.660. The minimum atomic E-state index is 0.660. The van der Waals surface area contributed by atoms with Gasteiger partial charge in [-0.25, -0.2) is 4.68 Å². The first-order valence-corrected chi connectivity index (χ1v) is 5.10. The molecule has 0 spiro atoms. The maximum atomic E-state index is 4.21. The Labute approximate surface area is 80.1 Å². The molecule has 74 valence electrons. The van der Waals surface area contributed by atoms with E-state index in [1.54, 1.807) is 0 Å². The molecule has 0 aliphatic carbocycles. The van der Waals surface area contributed by atoms with E-state index >= 15 is 0 Å². The largest absolute Gasteiger partial charge is 0.249 e. The molecule has 3 heteroatoms. The van der Waals surface area contributed by atoms with Crippen LogP contribution in [0.4, 0.5) is 0 Å². The molecule has 0 atom stereocenters. The van der Waals surface area contributed by atoms with Crippen LogP contribution in [0.3, 0.4) is 0 Å². The van der Waals surface area contributed by atoms with Gasteiger partial charge in [0.1, 0.15) is 0 Å². The predicted molar refractivity (Wildman–Crippen MR) is 53.6 cm³/mol. The highest BCUT2D eigenvalue weighted by Crippen LogP contribution is 2.11. The molecule has 13 heavy (non-hydrogen) atoms. The number of nitrogens with zero attached hydrogens (tertiary/aromatic N) is 3. The SMILES string of the molecule is CCc1c(CC(C)C)nnn1CC. The molecule has 0 amide bonds. The van der Waals surface area contributed by atoms with Crippen molar-refractivity contribution in [2.24, 2.45) is 5.92 Å². The van der Waals surface area contributed by atoms with E-state index in [4.69, 9.17) is 0 Å². The molecule has 0 aliphatic rings. The standard InChI is InChI=1S/C10H19N3/c1-5-10-9(7-8(3)4)11-12-13(10)6-2/h8H,5-7H2,1-4H3. The molecule has 0 N–H and O–H groups in total. The molecule has 0 fully saturated rings. The van der Waals surface area contributed by atoms with Gasteiger partial charge < -0.3 is 0 Å². The number of aromatic nitrogens is 3. The third kappa shape index (κ3) is 2.29. The highest BCUT2D eigenvalue weighted by molar-refractivity contribution is 5.10. The molecule has 1 heterocycles. The summed E-state index contributed by atoms with van der Waals surface area (Å²) in [5.74, 6) is 0.660. The van der Waals surface area contributed by atoms with E-state index in [9.17, 15) is 0 Å². The van der Waals surface area contributed by atoms with Gasteiger partial charge in [-0.3, -0.25) is 0 Å². The lowest BCUT2D eigenvalue weighted by molar-refractivity contribution is 0.600. The van der Waals surface area contributed by atoms with Crippen LogP contribution < -0.4 is 0 Å². The fourth-order valence-electron chi connectivity index (χ4n) is 1.55. The van der Waals surface area contributed by atoms with Gasteiger partial charge >= 0.3 is 0 Å². The van der Waals surface area contributed by atoms with Gasteiger partial charge in [0, 0.05) is 6.54 Å². The van der Waals surface area contributed by atoms with Crippen molar-refractivity contribution in [3.05, 3.63) is 11.4 Å². The number of rotatable bonds is 4. The second-order valence-electron chi connectivity index (χ2n) is 3.75. The van der Waals surface area contributed by atoms with Gasteiger partial charge in [-0.05, 0) is 25.7 Å². The lowest BCUT2D eigenvalue weighted by Crippen LogP contribution is -2.04. The second-order valence-corrected chi connectivity index (χ2v) is 3.75. The van der Waals surface area contributed by atoms with Crippen molar-refractivity contribution in [3.8, 4) is 0 Å². The molecule has 3 nitrogen and oxygen atoms in total. The zero-order chi connectivity index (χ0) is 9.84. The van der Waals surface area contributed by atoms with Crippen LogP contribution in [0.15, 0.2) is 0 Å². The Kier molecular flexibility index (Phi) is 3.46. The van der Waals surface area contributed by atoms with Crippen molar-refractivity contribution in [1.29, 1.82) is 0 Å². The van der Waals surface area contributed by atoms with Gasteiger partial charge in [-0.1, -0.05) is 26.0 Å². The summed E-state index contributed by atoms with van der Waals surface area (Å²) in [5.41, 5.74) is 2.48. The van der Waals surface area contributed by atoms with Crippen LogP contribution in [0.25, 0.3) is 0 Å². The normalized spacial score (nSPS) is 11.2. The third-order valence-corrected chi connectivity index (χ3v) is 2.15. The summed E-state index contributed by atoms with van der Waals surface area (Å²) in [6.45, 7) is 9.62. The Morgan fingerprint density at radius 3 is 2.46 bits per heavy atom. The third-order valence-electron chi connectivity index (χ3n) is 2.15. The zero-order valence-electron chi connectivity index (χ0n) is 9.04. The van der Waals surface area contributed by atoms with Crippen molar-refractivity contribution in [1.82, 2.24) is 15.0 Å². The molecule has 0 saturated carbocycles. The van der Waals surface area contributed by atoms with Crippen molar-refractivity contribution >= 4 is 0 Å². The molecular formula is C10H19N3. The number of hydrogen-bond acceptors (Lipinski definition) is 2. The van der Waals surface area contributed by atoms with Gasteiger partial charge in [0.15, 0.2) is 0 Å². The second kappa shape index (κ2) is 4.40. The van der Waals surface area contributed by atoms with E-state index in [1.807, 2.05) is 4.68 Å².